The number of nitro groups is 1. The topological polar surface area (TPSA) is 102 Å². The molecule has 0 fully saturated rings. The van der Waals surface area contributed by atoms with Crippen LogP contribution >= 0.6 is 11.3 Å². The van der Waals surface area contributed by atoms with Crippen molar-refractivity contribution in [3.8, 4) is 11.8 Å². The van der Waals surface area contributed by atoms with E-state index in [0.717, 1.165) is 4.88 Å². The van der Waals surface area contributed by atoms with E-state index < -0.39 is 4.92 Å². The van der Waals surface area contributed by atoms with Crippen LogP contribution in [-0.2, 0) is 0 Å². The Morgan fingerprint density at radius 1 is 1.48 bits per heavy atom. The minimum atomic E-state index is -0.535. The fraction of sp³-hybridized carbons (Fsp3) is 0.0714. The van der Waals surface area contributed by atoms with Gasteiger partial charge in [-0.05, 0) is 23.6 Å². The van der Waals surface area contributed by atoms with Crippen molar-refractivity contribution in [1.82, 2.24) is 0 Å². The molecular weight excluding hydrogens is 290 g/mol. The van der Waals surface area contributed by atoms with Gasteiger partial charge in [-0.15, -0.1) is 11.3 Å². The average molecular weight is 301 g/mol. The van der Waals surface area contributed by atoms with Crippen LogP contribution in [0.5, 0.6) is 5.75 Å². The number of nitro benzene ring substituents is 1. The second-order valence-corrected chi connectivity index (χ2v) is 4.97. The van der Waals surface area contributed by atoms with Crippen molar-refractivity contribution in [1.29, 1.82) is 5.26 Å². The number of nitrogens with two attached hydrogens (primary N) is 1. The number of hydrogen-bond acceptors (Lipinski definition) is 6. The van der Waals surface area contributed by atoms with E-state index in [1.807, 2.05) is 11.4 Å². The van der Waals surface area contributed by atoms with Crippen LogP contribution in [0.2, 0.25) is 0 Å². The first-order valence-corrected chi connectivity index (χ1v) is 6.73. The Labute approximate surface area is 124 Å². The van der Waals surface area contributed by atoms with Gasteiger partial charge in [0.15, 0.2) is 5.75 Å². The maximum atomic E-state index is 10.9. The lowest BCUT2D eigenvalue weighted by Gasteiger charge is -2.07. The van der Waals surface area contributed by atoms with Crippen molar-refractivity contribution in [2.45, 2.75) is 0 Å². The van der Waals surface area contributed by atoms with Crippen LogP contribution in [0, 0.1) is 21.4 Å². The van der Waals surface area contributed by atoms with Crippen LogP contribution in [0.15, 0.2) is 35.7 Å². The first-order valence-electron chi connectivity index (χ1n) is 5.85. The summed E-state index contributed by atoms with van der Waals surface area (Å²) in [5, 5.41) is 22.0. The lowest BCUT2D eigenvalue weighted by molar-refractivity contribution is -0.385. The Bertz CT molecular complexity index is 745. The quantitative estimate of drug-likeness (QED) is 0.531. The Morgan fingerprint density at radius 2 is 2.24 bits per heavy atom. The Balaban J connectivity index is 2.56. The van der Waals surface area contributed by atoms with Crippen molar-refractivity contribution in [3.05, 3.63) is 56.3 Å². The molecule has 1 aromatic heterocycles. The predicted octanol–water partition coefficient (Wildman–Crippen LogP) is 3.02. The highest BCUT2D eigenvalue weighted by Gasteiger charge is 2.17. The van der Waals surface area contributed by atoms with E-state index in [1.54, 1.807) is 6.07 Å². The van der Waals surface area contributed by atoms with Crippen molar-refractivity contribution < 1.29 is 9.66 Å². The van der Waals surface area contributed by atoms with Crippen LogP contribution in [0.3, 0.4) is 0 Å². The minimum absolute atomic E-state index is 0.101. The molecule has 0 spiro atoms. The number of thiophene rings is 1. The van der Waals surface area contributed by atoms with E-state index in [0.29, 0.717) is 11.1 Å². The zero-order valence-corrected chi connectivity index (χ0v) is 11.9. The highest BCUT2D eigenvalue weighted by Crippen LogP contribution is 2.32. The third-order valence-corrected chi connectivity index (χ3v) is 3.72. The molecule has 6 nitrogen and oxygen atoms in total. The fourth-order valence-corrected chi connectivity index (χ4v) is 2.54. The van der Waals surface area contributed by atoms with E-state index >= 15 is 0 Å². The predicted molar refractivity (Wildman–Crippen MR) is 80.6 cm³/mol. The van der Waals surface area contributed by atoms with Crippen molar-refractivity contribution in [3.63, 3.8) is 0 Å². The number of methoxy groups -OCH3 is 1. The SMILES string of the molecule is COc1cc(/C(N)=C(/C#N)c2cccs2)ccc1[N+](=O)[O-]. The molecule has 0 saturated heterocycles. The number of benzene rings is 1. The lowest BCUT2D eigenvalue weighted by atomic mass is 10.1. The van der Waals surface area contributed by atoms with E-state index in [1.165, 1.54) is 36.6 Å². The summed E-state index contributed by atoms with van der Waals surface area (Å²) < 4.78 is 5.00. The van der Waals surface area contributed by atoms with Crippen LogP contribution < -0.4 is 10.5 Å². The average Bonchev–Trinajstić information content (AvgIpc) is 3.01. The molecule has 0 radical (unpaired) electrons. The lowest BCUT2D eigenvalue weighted by Crippen LogP contribution is -2.02. The molecule has 7 heteroatoms. The number of hydrogen-bond donors (Lipinski definition) is 1. The molecular formula is C14H11N3O3S. The summed E-state index contributed by atoms with van der Waals surface area (Å²) in [5.41, 5.74) is 6.97. The number of allylic oxidation sites excluding steroid dienone is 1. The molecule has 2 N–H and O–H groups in total. The first-order chi connectivity index (χ1) is 10.1. The standard InChI is InChI=1S/C14H11N3O3S/c1-20-12-7-9(4-5-11(12)17(18)19)14(16)10(8-15)13-3-2-6-21-13/h2-7H,16H2,1H3/b14-10+. The summed E-state index contributed by atoms with van der Waals surface area (Å²) in [7, 11) is 1.34. The van der Waals surface area contributed by atoms with Gasteiger partial charge in [0.05, 0.1) is 23.3 Å². The summed E-state index contributed by atoms with van der Waals surface area (Å²) in [6, 6.07) is 9.95. The summed E-state index contributed by atoms with van der Waals surface area (Å²) in [6.45, 7) is 0. The van der Waals surface area contributed by atoms with E-state index in [9.17, 15) is 15.4 Å². The van der Waals surface area contributed by atoms with Crippen LogP contribution in [0.1, 0.15) is 10.4 Å². The van der Waals surface area contributed by atoms with Crippen molar-refractivity contribution in [2.24, 2.45) is 5.73 Å². The molecule has 0 aliphatic carbocycles. The van der Waals surface area contributed by atoms with Gasteiger partial charge in [0.1, 0.15) is 6.07 Å². The van der Waals surface area contributed by atoms with Gasteiger partial charge in [0.25, 0.3) is 0 Å². The molecule has 1 heterocycles. The van der Waals surface area contributed by atoms with Gasteiger partial charge in [-0.25, -0.2) is 0 Å². The molecule has 1 aromatic carbocycles. The molecule has 0 aliphatic rings. The summed E-state index contributed by atoms with van der Waals surface area (Å²) in [5.74, 6) is 0.101. The smallest absolute Gasteiger partial charge is 0.310 e. The van der Waals surface area contributed by atoms with E-state index in [-0.39, 0.29) is 17.1 Å². The Kier molecular flexibility index (Phi) is 4.21. The molecule has 2 aromatic rings. The second kappa shape index (κ2) is 6.07. The third-order valence-electron chi connectivity index (χ3n) is 2.84. The largest absolute Gasteiger partial charge is 0.490 e. The summed E-state index contributed by atoms with van der Waals surface area (Å²) in [6.07, 6.45) is 0. The number of ether oxygens (including phenoxy) is 1. The molecule has 0 aliphatic heterocycles. The maximum absolute atomic E-state index is 10.9. The van der Waals surface area contributed by atoms with Crippen LogP contribution in [0.25, 0.3) is 11.3 Å². The third kappa shape index (κ3) is 2.85. The van der Waals surface area contributed by atoms with Crippen LogP contribution in [0.4, 0.5) is 5.69 Å². The number of nitrogens with zero attached hydrogens (tertiary/aromatic N) is 2. The van der Waals surface area contributed by atoms with Gasteiger partial charge in [-0.3, -0.25) is 10.1 Å². The zero-order valence-electron chi connectivity index (χ0n) is 11.1. The second-order valence-electron chi connectivity index (χ2n) is 4.02. The Morgan fingerprint density at radius 3 is 2.76 bits per heavy atom. The minimum Gasteiger partial charge on any atom is -0.490 e. The summed E-state index contributed by atoms with van der Waals surface area (Å²) in [4.78, 5) is 11.1. The Hall–Kier alpha value is -2.85. The molecule has 0 unspecified atom stereocenters. The van der Waals surface area contributed by atoms with Gasteiger partial charge in [-0.2, -0.15) is 5.26 Å². The molecule has 2 rings (SSSR count). The van der Waals surface area contributed by atoms with Gasteiger partial charge < -0.3 is 10.5 Å². The van der Waals surface area contributed by atoms with Crippen LogP contribution in [-0.4, -0.2) is 12.0 Å². The molecule has 0 amide bonds. The number of rotatable bonds is 4. The molecule has 21 heavy (non-hydrogen) atoms. The molecule has 106 valence electrons. The summed E-state index contributed by atoms with van der Waals surface area (Å²) >= 11 is 1.40. The van der Waals surface area contributed by atoms with Gasteiger partial charge in [0, 0.05) is 16.5 Å². The van der Waals surface area contributed by atoms with Crippen molar-refractivity contribution in [2.75, 3.05) is 7.11 Å². The van der Waals surface area contributed by atoms with E-state index in [4.69, 9.17) is 10.5 Å². The highest BCUT2D eigenvalue weighted by atomic mass is 32.1. The first kappa shape index (κ1) is 14.6. The zero-order chi connectivity index (χ0) is 15.4. The van der Waals surface area contributed by atoms with Crippen molar-refractivity contribution >= 4 is 28.3 Å². The normalized spacial score (nSPS) is 11.4. The highest BCUT2D eigenvalue weighted by molar-refractivity contribution is 7.11. The van der Waals surface area contributed by atoms with E-state index in [2.05, 4.69) is 6.07 Å². The van der Waals surface area contributed by atoms with Gasteiger partial charge >= 0.3 is 5.69 Å². The van der Waals surface area contributed by atoms with Gasteiger partial charge in [-0.1, -0.05) is 6.07 Å². The monoisotopic (exact) mass is 301 g/mol. The number of nitriles is 1. The molecule has 0 saturated carbocycles. The maximum Gasteiger partial charge on any atom is 0.310 e. The molecule has 0 bridgehead atoms. The fourth-order valence-electron chi connectivity index (χ4n) is 1.81. The molecule has 0 atom stereocenters. The van der Waals surface area contributed by atoms with Gasteiger partial charge in [0.2, 0.25) is 0 Å².